The fraction of sp³-hybridized carbons (Fsp3) is 0.467. The Balaban J connectivity index is 2.24. The smallest absolute Gasteiger partial charge is 0.413 e. The van der Waals surface area contributed by atoms with Crippen LogP contribution in [0.3, 0.4) is 0 Å². The Morgan fingerprint density at radius 1 is 1.55 bits per heavy atom. The van der Waals surface area contributed by atoms with E-state index in [1.807, 2.05) is 24.3 Å². The van der Waals surface area contributed by atoms with Gasteiger partial charge in [0.25, 0.3) is 0 Å². The largest absolute Gasteiger partial charge is 0.445 e. The van der Waals surface area contributed by atoms with Crippen LogP contribution in [-0.2, 0) is 15.0 Å². The monoisotopic (exact) mass is 428 g/mol. The molecule has 1 fully saturated rings. The van der Waals surface area contributed by atoms with Crippen LogP contribution in [0.5, 0.6) is 0 Å². The average Bonchev–Trinajstić information content (AvgIpc) is 2.56. The van der Waals surface area contributed by atoms with Crippen molar-refractivity contribution in [3.8, 4) is 6.07 Å². The van der Waals surface area contributed by atoms with Crippen LogP contribution in [0.2, 0.25) is 0 Å². The normalized spacial score (nSPS) is 33.5. The third-order valence-electron chi connectivity index (χ3n) is 4.21. The quantitative estimate of drug-likeness (QED) is 0.675. The first-order valence-electron chi connectivity index (χ1n) is 6.82. The van der Waals surface area contributed by atoms with E-state index in [1.165, 1.54) is 12.0 Å². The zero-order valence-corrected chi connectivity index (χ0v) is 15.0. The second-order valence-corrected chi connectivity index (χ2v) is 6.96. The molecule has 116 valence electrons. The molecule has 1 aromatic rings. The van der Waals surface area contributed by atoms with E-state index in [9.17, 15) is 10.1 Å². The molecule has 0 aromatic heterocycles. The summed E-state index contributed by atoms with van der Waals surface area (Å²) in [6, 6.07) is 10.0. The fourth-order valence-corrected chi connectivity index (χ4v) is 4.47. The minimum Gasteiger partial charge on any atom is -0.445 e. The van der Waals surface area contributed by atoms with Gasteiger partial charge in [-0.2, -0.15) is 5.26 Å². The molecule has 5 nitrogen and oxygen atoms in total. The summed E-state index contributed by atoms with van der Waals surface area (Å²) >= 11 is 6.94. The van der Waals surface area contributed by atoms with E-state index in [0.717, 1.165) is 11.1 Å². The molecule has 0 unspecified atom stereocenters. The van der Waals surface area contributed by atoms with Crippen molar-refractivity contribution in [3.63, 3.8) is 0 Å². The van der Waals surface area contributed by atoms with E-state index in [0.29, 0.717) is 11.8 Å². The van der Waals surface area contributed by atoms with Crippen molar-refractivity contribution < 1.29 is 14.3 Å². The molecule has 0 bridgehead atoms. The number of nitriles is 1. The minimum atomic E-state index is -1.07. The first-order chi connectivity index (χ1) is 10.6. The molecule has 0 N–H and O–H groups in total. The summed E-state index contributed by atoms with van der Waals surface area (Å²) in [7, 11) is 1.53. The molecule has 2 heterocycles. The molecule has 2 aliphatic rings. The molecule has 0 spiro atoms. The van der Waals surface area contributed by atoms with Gasteiger partial charge in [0.2, 0.25) is 0 Å². The van der Waals surface area contributed by atoms with Gasteiger partial charge in [0.1, 0.15) is 6.10 Å². The Bertz CT molecular complexity index is 648. The predicted molar refractivity (Wildman–Crippen MR) is 86.7 cm³/mol. The molecule has 2 aliphatic heterocycles. The van der Waals surface area contributed by atoms with Crippen LogP contribution in [0, 0.1) is 11.3 Å². The number of benzene rings is 1. The van der Waals surface area contributed by atoms with Crippen LogP contribution < -0.4 is 0 Å². The summed E-state index contributed by atoms with van der Waals surface area (Å²) in [5, 5.41) is 10.5. The first kappa shape index (κ1) is 15.8. The van der Waals surface area contributed by atoms with E-state index in [4.69, 9.17) is 9.47 Å². The number of hydrogen-bond donors (Lipinski definition) is 0. The van der Waals surface area contributed by atoms with Crippen LogP contribution in [0.4, 0.5) is 4.79 Å². The molecular weight excluding hydrogens is 416 g/mol. The molecule has 7 heteroatoms. The molecule has 0 saturated carbocycles. The number of carbonyl (C=O) groups excluding carboxylic acids is 1. The average molecular weight is 430 g/mol. The molecular formula is C15H14Br2N2O3. The zero-order chi connectivity index (χ0) is 15.9. The third-order valence-corrected chi connectivity index (χ3v) is 5.87. The number of amides is 1. The summed E-state index contributed by atoms with van der Waals surface area (Å²) in [6.07, 6.45) is -1.07. The highest BCUT2D eigenvalue weighted by molar-refractivity contribution is 9.09. The predicted octanol–water partition coefficient (Wildman–Crippen LogP) is 3.43. The summed E-state index contributed by atoms with van der Waals surface area (Å²) < 4.78 is 10.9. The van der Waals surface area contributed by atoms with E-state index in [-0.39, 0.29) is 10.9 Å². The Hall–Kier alpha value is -1.10. The van der Waals surface area contributed by atoms with Crippen LogP contribution in [0.15, 0.2) is 24.3 Å². The maximum Gasteiger partial charge on any atom is 0.413 e. The van der Waals surface area contributed by atoms with Crippen molar-refractivity contribution in [2.24, 2.45) is 0 Å². The Kier molecular flexibility index (Phi) is 4.19. The second kappa shape index (κ2) is 5.84. The van der Waals surface area contributed by atoms with Crippen LogP contribution in [0.25, 0.3) is 0 Å². The summed E-state index contributed by atoms with van der Waals surface area (Å²) in [6.45, 7) is 0. The van der Waals surface area contributed by atoms with Gasteiger partial charge in [-0.15, -0.1) is 0 Å². The van der Waals surface area contributed by atoms with Crippen molar-refractivity contribution in [2.45, 2.75) is 29.1 Å². The van der Waals surface area contributed by atoms with Gasteiger partial charge in [0.05, 0.1) is 10.9 Å². The number of methoxy groups -OCH3 is 1. The number of alkyl halides is 2. The molecule has 1 aromatic carbocycles. The lowest BCUT2D eigenvalue weighted by atomic mass is 9.77. The number of ether oxygens (including phenoxy) is 2. The van der Waals surface area contributed by atoms with Gasteiger partial charge in [-0.25, -0.2) is 4.79 Å². The van der Waals surface area contributed by atoms with Crippen LogP contribution in [0.1, 0.15) is 22.4 Å². The van der Waals surface area contributed by atoms with Gasteiger partial charge in [-0.1, -0.05) is 56.1 Å². The van der Waals surface area contributed by atoms with Crippen LogP contribution in [-0.4, -0.2) is 35.8 Å². The van der Waals surface area contributed by atoms with Crippen molar-refractivity contribution in [1.82, 2.24) is 4.90 Å². The summed E-state index contributed by atoms with van der Waals surface area (Å²) in [4.78, 5) is 13.7. The summed E-state index contributed by atoms with van der Waals surface area (Å²) in [5.41, 5.74) is 0.723. The van der Waals surface area contributed by atoms with Gasteiger partial charge in [-0.05, 0) is 11.1 Å². The second-order valence-electron chi connectivity index (χ2n) is 5.32. The van der Waals surface area contributed by atoms with E-state index < -0.39 is 17.9 Å². The summed E-state index contributed by atoms with van der Waals surface area (Å²) in [5.74, 6) is 0. The number of cyclic esters (lactones) is 1. The number of carbonyl (C=O) groups is 1. The molecule has 1 saturated heterocycles. The number of halogens is 2. The van der Waals surface area contributed by atoms with Crippen molar-refractivity contribution in [1.29, 1.82) is 5.26 Å². The van der Waals surface area contributed by atoms with Crippen molar-refractivity contribution >= 4 is 38.0 Å². The molecule has 3 rings (SSSR count). The van der Waals surface area contributed by atoms with Gasteiger partial charge < -0.3 is 9.47 Å². The third kappa shape index (κ3) is 2.08. The maximum absolute atomic E-state index is 12.5. The minimum absolute atomic E-state index is 0.219. The van der Waals surface area contributed by atoms with Crippen LogP contribution >= 0.6 is 31.9 Å². The standard InChI is InChI=1S/C15H14Br2N2O3/c1-21-13-12(17)10-4-2-3-5-11(10)15(8-18)6-9(7-16)22-14(20)19(13)15/h2-5,9,12-13H,6-7H2,1H3/t9-,12-,13+,15-/m1/s1. The SMILES string of the molecule is CO[C@H]1[C@H](Br)c2ccccc2[C@]2(C#N)C[C@H](CBr)OC(=O)N12. The highest BCUT2D eigenvalue weighted by atomic mass is 79.9. The Labute approximate surface area is 145 Å². The number of nitrogens with zero attached hydrogens (tertiary/aromatic N) is 2. The van der Waals surface area contributed by atoms with Gasteiger partial charge >= 0.3 is 6.09 Å². The van der Waals surface area contributed by atoms with E-state index >= 15 is 0 Å². The zero-order valence-electron chi connectivity index (χ0n) is 11.8. The molecule has 22 heavy (non-hydrogen) atoms. The van der Waals surface area contributed by atoms with Crippen molar-refractivity contribution in [2.75, 3.05) is 12.4 Å². The highest BCUT2D eigenvalue weighted by Gasteiger charge is 2.57. The number of hydrogen-bond acceptors (Lipinski definition) is 4. The Morgan fingerprint density at radius 3 is 2.91 bits per heavy atom. The maximum atomic E-state index is 12.5. The lowest BCUT2D eigenvalue weighted by Gasteiger charge is -2.52. The highest BCUT2D eigenvalue weighted by Crippen LogP contribution is 2.50. The molecule has 0 aliphatic carbocycles. The van der Waals surface area contributed by atoms with Gasteiger partial charge in [0.15, 0.2) is 11.8 Å². The fourth-order valence-electron chi connectivity index (χ4n) is 3.25. The van der Waals surface area contributed by atoms with E-state index in [2.05, 4.69) is 37.9 Å². The first-order valence-corrected chi connectivity index (χ1v) is 8.86. The lowest BCUT2D eigenvalue weighted by molar-refractivity contribution is -0.114. The lowest BCUT2D eigenvalue weighted by Crippen LogP contribution is -2.63. The topological polar surface area (TPSA) is 62.6 Å². The van der Waals surface area contributed by atoms with Gasteiger partial charge in [-0.3, -0.25) is 4.90 Å². The van der Waals surface area contributed by atoms with Crippen molar-refractivity contribution in [3.05, 3.63) is 35.4 Å². The Morgan fingerprint density at radius 2 is 2.27 bits per heavy atom. The van der Waals surface area contributed by atoms with Gasteiger partial charge in [0, 0.05) is 18.9 Å². The number of rotatable bonds is 2. The number of fused-ring (bicyclic) bond motifs is 3. The molecule has 0 radical (unpaired) electrons. The molecule has 4 atom stereocenters. The molecule has 1 amide bonds. The van der Waals surface area contributed by atoms with E-state index in [1.54, 1.807) is 0 Å².